The fraction of sp³-hybridized carbons (Fsp3) is 0.261. The number of hydrogen-bond acceptors (Lipinski definition) is 2. The molecule has 1 amide bonds. The van der Waals surface area contributed by atoms with Gasteiger partial charge in [0.1, 0.15) is 0 Å². The first-order chi connectivity index (χ1) is 12.8. The molecule has 0 aliphatic carbocycles. The summed E-state index contributed by atoms with van der Waals surface area (Å²) in [6.45, 7) is 2.77. The van der Waals surface area contributed by atoms with Crippen molar-refractivity contribution in [1.29, 1.82) is 0 Å². The van der Waals surface area contributed by atoms with Crippen LogP contribution >= 0.6 is 0 Å². The summed E-state index contributed by atoms with van der Waals surface area (Å²) in [5, 5.41) is 5.65. The van der Waals surface area contributed by atoms with Crippen LogP contribution in [0.25, 0.3) is 10.8 Å². The highest BCUT2D eigenvalue weighted by atomic mass is 16.1. The van der Waals surface area contributed by atoms with Gasteiger partial charge >= 0.3 is 0 Å². The van der Waals surface area contributed by atoms with Gasteiger partial charge in [-0.2, -0.15) is 0 Å². The van der Waals surface area contributed by atoms with Crippen LogP contribution < -0.4 is 5.32 Å². The highest BCUT2D eigenvalue weighted by Gasteiger charge is 2.26. The molecule has 3 aromatic carbocycles. The van der Waals surface area contributed by atoms with Crippen molar-refractivity contribution in [2.24, 2.45) is 5.92 Å². The van der Waals surface area contributed by atoms with E-state index in [0.29, 0.717) is 0 Å². The van der Waals surface area contributed by atoms with E-state index < -0.39 is 0 Å². The molecule has 1 fully saturated rings. The third-order valence-electron chi connectivity index (χ3n) is 5.19. The molecule has 132 valence electrons. The van der Waals surface area contributed by atoms with Gasteiger partial charge in [-0.05, 0) is 47.9 Å². The van der Waals surface area contributed by atoms with Crippen LogP contribution in [0.3, 0.4) is 0 Å². The SMILES string of the molecule is O=C(Nc1ccccc1)[C@@H]1CCCN(Cc2cccc3ccccc23)C1. The Labute approximate surface area is 154 Å². The molecule has 1 saturated heterocycles. The maximum Gasteiger partial charge on any atom is 0.228 e. The van der Waals surface area contributed by atoms with E-state index in [9.17, 15) is 4.79 Å². The molecule has 0 unspecified atom stereocenters. The van der Waals surface area contributed by atoms with Crippen molar-refractivity contribution in [3.05, 3.63) is 78.4 Å². The summed E-state index contributed by atoms with van der Waals surface area (Å²) in [5.74, 6) is 0.192. The number of fused-ring (bicyclic) bond motifs is 1. The molecule has 1 aliphatic heterocycles. The Morgan fingerprint density at radius 1 is 0.962 bits per heavy atom. The number of rotatable bonds is 4. The Bertz CT molecular complexity index is 886. The van der Waals surface area contributed by atoms with Gasteiger partial charge in [-0.1, -0.05) is 60.7 Å². The van der Waals surface area contributed by atoms with Crippen LogP contribution in [0.2, 0.25) is 0 Å². The maximum atomic E-state index is 12.6. The lowest BCUT2D eigenvalue weighted by molar-refractivity contribution is -0.121. The van der Waals surface area contributed by atoms with E-state index in [1.165, 1.54) is 16.3 Å². The molecule has 3 aromatic rings. The van der Waals surface area contributed by atoms with E-state index in [-0.39, 0.29) is 11.8 Å². The van der Waals surface area contributed by atoms with Gasteiger partial charge in [-0.15, -0.1) is 0 Å². The summed E-state index contributed by atoms with van der Waals surface area (Å²) >= 11 is 0. The molecule has 0 aromatic heterocycles. The highest BCUT2D eigenvalue weighted by molar-refractivity contribution is 5.92. The van der Waals surface area contributed by atoms with Gasteiger partial charge in [-0.25, -0.2) is 0 Å². The standard InChI is InChI=1S/C23H24N2O/c26-23(24-21-12-2-1-3-13-21)20-11-7-15-25(17-20)16-19-10-6-9-18-8-4-5-14-22(18)19/h1-6,8-10,12-14,20H,7,11,15-17H2,(H,24,26)/t20-/m1/s1. The number of piperidine rings is 1. The number of para-hydroxylation sites is 1. The minimum Gasteiger partial charge on any atom is -0.326 e. The van der Waals surface area contributed by atoms with Gasteiger partial charge in [0, 0.05) is 18.8 Å². The van der Waals surface area contributed by atoms with Crippen LogP contribution in [-0.2, 0) is 11.3 Å². The minimum atomic E-state index is 0.0546. The molecule has 1 aliphatic rings. The second-order valence-corrected chi connectivity index (χ2v) is 7.07. The topological polar surface area (TPSA) is 32.3 Å². The summed E-state index contributed by atoms with van der Waals surface area (Å²) in [5.41, 5.74) is 2.22. The summed E-state index contributed by atoms with van der Waals surface area (Å²) in [7, 11) is 0. The average molecular weight is 344 g/mol. The molecular weight excluding hydrogens is 320 g/mol. The number of benzene rings is 3. The van der Waals surface area contributed by atoms with Gasteiger partial charge in [-0.3, -0.25) is 9.69 Å². The number of carbonyl (C=O) groups excluding carboxylic acids is 1. The van der Waals surface area contributed by atoms with E-state index in [1.54, 1.807) is 0 Å². The molecule has 26 heavy (non-hydrogen) atoms. The number of amides is 1. The number of hydrogen-bond donors (Lipinski definition) is 1. The van der Waals surface area contributed by atoms with E-state index in [2.05, 4.69) is 52.7 Å². The first-order valence-electron chi connectivity index (χ1n) is 9.34. The van der Waals surface area contributed by atoms with Crippen LogP contribution in [0.4, 0.5) is 5.69 Å². The first kappa shape index (κ1) is 16.8. The van der Waals surface area contributed by atoms with E-state index in [4.69, 9.17) is 0 Å². The number of anilines is 1. The molecule has 0 bridgehead atoms. The Kier molecular flexibility index (Phi) is 4.98. The van der Waals surface area contributed by atoms with Crippen LogP contribution in [0.15, 0.2) is 72.8 Å². The van der Waals surface area contributed by atoms with Crippen LogP contribution in [0.1, 0.15) is 18.4 Å². The Morgan fingerprint density at radius 2 is 1.73 bits per heavy atom. The monoisotopic (exact) mass is 344 g/mol. The Morgan fingerprint density at radius 3 is 2.62 bits per heavy atom. The van der Waals surface area contributed by atoms with Crippen LogP contribution in [0.5, 0.6) is 0 Å². The predicted octanol–water partition coefficient (Wildman–Crippen LogP) is 4.69. The van der Waals surface area contributed by atoms with Crippen molar-refractivity contribution >= 4 is 22.4 Å². The molecular formula is C23H24N2O. The molecule has 1 N–H and O–H groups in total. The fourth-order valence-electron chi connectivity index (χ4n) is 3.85. The number of nitrogens with one attached hydrogen (secondary N) is 1. The van der Waals surface area contributed by atoms with Gasteiger partial charge in [0.2, 0.25) is 5.91 Å². The van der Waals surface area contributed by atoms with E-state index in [0.717, 1.165) is 38.2 Å². The van der Waals surface area contributed by atoms with Crippen molar-refractivity contribution in [1.82, 2.24) is 4.90 Å². The summed E-state index contributed by atoms with van der Waals surface area (Å²) in [6.07, 6.45) is 2.03. The third-order valence-corrected chi connectivity index (χ3v) is 5.19. The van der Waals surface area contributed by atoms with Crippen molar-refractivity contribution in [2.75, 3.05) is 18.4 Å². The average Bonchev–Trinajstić information content (AvgIpc) is 2.69. The number of nitrogens with zero attached hydrogens (tertiary/aromatic N) is 1. The van der Waals surface area contributed by atoms with Crippen molar-refractivity contribution < 1.29 is 4.79 Å². The fourth-order valence-corrected chi connectivity index (χ4v) is 3.85. The van der Waals surface area contributed by atoms with Gasteiger partial charge < -0.3 is 5.32 Å². The number of likely N-dealkylation sites (tertiary alicyclic amines) is 1. The zero-order chi connectivity index (χ0) is 17.8. The van der Waals surface area contributed by atoms with E-state index in [1.807, 2.05) is 30.3 Å². The molecule has 0 spiro atoms. The number of carbonyl (C=O) groups is 1. The zero-order valence-corrected chi connectivity index (χ0v) is 14.9. The summed E-state index contributed by atoms with van der Waals surface area (Å²) in [6, 6.07) is 24.7. The first-order valence-corrected chi connectivity index (χ1v) is 9.34. The van der Waals surface area contributed by atoms with Crippen molar-refractivity contribution in [3.63, 3.8) is 0 Å². The van der Waals surface area contributed by atoms with Crippen molar-refractivity contribution in [3.8, 4) is 0 Å². The summed E-state index contributed by atoms with van der Waals surface area (Å²) in [4.78, 5) is 15.1. The van der Waals surface area contributed by atoms with Gasteiger partial charge in [0.05, 0.1) is 5.92 Å². The second-order valence-electron chi connectivity index (χ2n) is 7.07. The quantitative estimate of drug-likeness (QED) is 0.744. The largest absolute Gasteiger partial charge is 0.326 e. The third kappa shape index (κ3) is 3.78. The Balaban J connectivity index is 1.44. The van der Waals surface area contributed by atoms with Gasteiger partial charge in [0.25, 0.3) is 0 Å². The predicted molar refractivity (Wildman–Crippen MR) is 107 cm³/mol. The maximum absolute atomic E-state index is 12.6. The normalized spacial score (nSPS) is 17.9. The molecule has 3 heteroatoms. The van der Waals surface area contributed by atoms with E-state index >= 15 is 0 Å². The molecule has 4 rings (SSSR count). The molecule has 0 saturated carbocycles. The smallest absolute Gasteiger partial charge is 0.228 e. The second kappa shape index (κ2) is 7.71. The minimum absolute atomic E-state index is 0.0546. The van der Waals surface area contributed by atoms with Gasteiger partial charge in [0.15, 0.2) is 0 Å². The lowest BCUT2D eigenvalue weighted by Crippen LogP contribution is -2.40. The van der Waals surface area contributed by atoms with Crippen molar-refractivity contribution in [2.45, 2.75) is 19.4 Å². The summed E-state index contributed by atoms with van der Waals surface area (Å²) < 4.78 is 0. The van der Waals surface area contributed by atoms with Crippen LogP contribution in [0, 0.1) is 5.92 Å². The lowest BCUT2D eigenvalue weighted by atomic mass is 9.96. The zero-order valence-electron chi connectivity index (χ0n) is 14.9. The molecule has 0 radical (unpaired) electrons. The molecule has 3 nitrogen and oxygen atoms in total. The molecule has 1 heterocycles. The highest BCUT2D eigenvalue weighted by Crippen LogP contribution is 2.24. The molecule has 1 atom stereocenters. The lowest BCUT2D eigenvalue weighted by Gasteiger charge is -2.32. The van der Waals surface area contributed by atoms with Crippen LogP contribution in [-0.4, -0.2) is 23.9 Å². The Hall–Kier alpha value is -2.65.